The molecule has 1 rings (SSSR count). The van der Waals surface area contributed by atoms with Crippen LogP contribution in [-0.4, -0.2) is 55.8 Å². The van der Waals surface area contributed by atoms with Gasteiger partial charge in [-0.1, -0.05) is 0 Å². The number of carbonyl (C=O) groups is 1. The van der Waals surface area contributed by atoms with Crippen molar-refractivity contribution in [3.8, 4) is 0 Å². The van der Waals surface area contributed by atoms with Gasteiger partial charge in [-0.3, -0.25) is 9.69 Å². The number of likely N-dealkylation sites (N-methyl/N-ethyl adjacent to an activating group) is 1. The van der Waals surface area contributed by atoms with Gasteiger partial charge in [-0.25, -0.2) is 8.42 Å². The van der Waals surface area contributed by atoms with Gasteiger partial charge in [0.05, 0.1) is 12.3 Å². The van der Waals surface area contributed by atoms with E-state index in [1.54, 1.807) is 11.9 Å². The molecule has 0 aliphatic carbocycles. The van der Waals surface area contributed by atoms with Crippen LogP contribution < -0.4 is 0 Å². The minimum absolute atomic E-state index is 0.0252. The van der Waals surface area contributed by atoms with Crippen molar-refractivity contribution >= 4 is 15.6 Å². The molecular weight excluding hydrogens is 264 g/mol. The normalized spacial score (nSPS) is 12.1. The van der Waals surface area contributed by atoms with Crippen molar-refractivity contribution in [1.82, 2.24) is 9.47 Å². The van der Waals surface area contributed by atoms with Crippen molar-refractivity contribution in [3.05, 3.63) is 23.0 Å². The maximum Gasteiger partial charge on any atom is 0.178 e. The second kappa shape index (κ2) is 5.88. The third kappa shape index (κ3) is 4.47. The highest BCUT2D eigenvalue weighted by molar-refractivity contribution is 7.90. The van der Waals surface area contributed by atoms with Crippen LogP contribution in [-0.2, 0) is 16.9 Å². The highest BCUT2D eigenvalue weighted by Gasteiger charge is 2.16. The van der Waals surface area contributed by atoms with E-state index in [0.29, 0.717) is 12.1 Å². The summed E-state index contributed by atoms with van der Waals surface area (Å²) in [4.78, 5) is 13.9. The molecule has 0 saturated heterocycles. The van der Waals surface area contributed by atoms with Gasteiger partial charge in [-0.05, 0) is 27.0 Å². The Balaban J connectivity index is 2.67. The van der Waals surface area contributed by atoms with E-state index in [9.17, 15) is 13.2 Å². The standard InChI is InChI=1S/C13H22N2O3S/c1-10-8-12(11(2)15(10)4)13(16)9-14(3)6-7-19(5,17)18/h8H,6-7,9H2,1-5H3. The molecule has 1 aromatic heterocycles. The van der Waals surface area contributed by atoms with E-state index < -0.39 is 9.84 Å². The van der Waals surface area contributed by atoms with E-state index in [0.717, 1.165) is 11.4 Å². The van der Waals surface area contributed by atoms with Gasteiger partial charge in [0.2, 0.25) is 0 Å². The first-order valence-corrected chi connectivity index (χ1v) is 8.20. The van der Waals surface area contributed by atoms with Crippen molar-refractivity contribution in [2.45, 2.75) is 13.8 Å². The van der Waals surface area contributed by atoms with Crippen LogP contribution in [0.2, 0.25) is 0 Å². The molecule has 0 saturated carbocycles. The van der Waals surface area contributed by atoms with Crippen LogP contribution in [0.5, 0.6) is 0 Å². The fourth-order valence-electron chi connectivity index (χ4n) is 1.87. The molecular formula is C13H22N2O3S. The summed E-state index contributed by atoms with van der Waals surface area (Å²) >= 11 is 0. The number of hydrogen-bond acceptors (Lipinski definition) is 4. The zero-order valence-corrected chi connectivity index (χ0v) is 13.0. The van der Waals surface area contributed by atoms with Gasteiger partial charge in [0.25, 0.3) is 0 Å². The Morgan fingerprint density at radius 1 is 1.37 bits per heavy atom. The lowest BCUT2D eigenvalue weighted by atomic mass is 10.1. The van der Waals surface area contributed by atoms with Crippen LogP contribution in [0.15, 0.2) is 6.07 Å². The molecule has 1 aromatic rings. The summed E-state index contributed by atoms with van der Waals surface area (Å²) in [6.07, 6.45) is 1.20. The molecule has 0 atom stereocenters. The monoisotopic (exact) mass is 286 g/mol. The molecule has 0 amide bonds. The molecule has 0 bridgehead atoms. The quantitative estimate of drug-likeness (QED) is 0.726. The number of aryl methyl sites for hydroxylation is 1. The molecule has 5 nitrogen and oxygen atoms in total. The predicted molar refractivity (Wildman–Crippen MR) is 76.4 cm³/mol. The Kier molecular flexibility index (Phi) is 4.92. The number of sulfone groups is 1. The van der Waals surface area contributed by atoms with Crippen LogP contribution in [0.25, 0.3) is 0 Å². The van der Waals surface area contributed by atoms with Gasteiger partial charge in [-0.2, -0.15) is 0 Å². The molecule has 1 heterocycles. The second-order valence-electron chi connectivity index (χ2n) is 5.13. The summed E-state index contributed by atoms with van der Waals surface area (Å²) in [6, 6.07) is 1.88. The first-order valence-electron chi connectivity index (χ1n) is 6.14. The zero-order chi connectivity index (χ0) is 14.8. The van der Waals surface area contributed by atoms with Crippen LogP contribution >= 0.6 is 0 Å². The molecule has 0 aliphatic rings. The van der Waals surface area contributed by atoms with E-state index in [2.05, 4.69) is 0 Å². The average Bonchev–Trinajstić information content (AvgIpc) is 2.53. The molecule has 6 heteroatoms. The van der Waals surface area contributed by atoms with Crippen molar-refractivity contribution in [3.63, 3.8) is 0 Å². The van der Waals surface area contributed by atoms with Crippen molar-refractivity contribution < 1.29 is 13.2 Å². The van der Waals surface area contributed by atoms with Crippen molar-refractivity contribution in [2.24, 2.45) is 7.05 Å². The highest BCUT2D eigenvalue weighted by Crippen LogP contribution is 2.14. The van der Waals surface area contributed by atoms with Gasteiger partial charge >= 0.3 is 0 Å². The summed E-state index contributed by atoms with van der Waals surface area (Å²) in [6.45, 7) is 4.48. The van der Waals surface area contributed by atoms with Crippen molar-refractivity contribution in [1.29, 1.82) is 0 Å². The molecule has 0 N–H and O–H groups in total. The maximum atomic E-state index is 12.2. The third-order valence-electron chi connectivity index (χ3n) is 3.33. The van der Waals surface area contributed by atoms with E-state index in [4.69, 9.17) is 0 Å². The number of hydrogen-bond donors (Lipinski definition) is 0. The van der Waals surface area contributed by atoms with E-state index in [1.165, 1.54) is 6.26 Å². The minimum Gasteiger partial charge on any atom is -0.351 e. The van der Waals surface area contributed by atoms with E-state index >= 15 is 0 Å². The Morgan fingerprint density at radius 2 is 1.95 bits per heavy atom. The van der Waals surface area contributed by atoms with Crippen LogP contribution in [0, 0.1) is 13.8 Å². The summed E-state index contributed by atoms with van der Waals surface area (Å²) in [5.41, 5.74) is 2.70. The number of aromatic nitrogens is 1. The summed E-state index contributed by atoms with van der Waals surface area (Å²) in [7, 11) is 0.696. The molecule has 0 unspecified atom stereocenters. The van der Waals surface area contributed by atoms with Gasteiger partial charge in [-0.15, -0.1) is 0 Å². The molecule has 0 aliphatic heterocycles. The van der Waals surface area contributed by atoms with Gasteiger partial charge in [0, 0.05) is 36.8 Å². The van der Waals surface area contributed by atoms with Gasteiger partial charge in [0.1, 0.15) is 9.84 Å². The summed E-state index contributed by atoms with van der Waals surface area (Å²) in [5, 5.41) is 0. The van der Waals surface area contributed by atoms with E-state index in [-0.39, 0.29) is 18.1 Å². The fourth-order valence-corrected chi connectivity index (χ4v) is 2.51. The maximum absolute atomic E-state index is 12.2. The second-order valence-corrected chi connectivity index (χ2v) is 7.39. The predicted octanol–water partition coefficient (Wildman–Crippen LogP) is 0.801. The third-order valence-corrected chi connectivity index (χ3v) is 4.26. The number of Topliss-reactive ketones (excluding diaryl/α,β-unsaturated/α-hetero) is 1. The smallest absolute Gasteiger partial charge is 0.178 e. The molecule has 19 heavy (non-hydrogen) atoms. The van der Waals surface area contributed by atoms with Gasteiger partial charge in [0.15, 0.2) is 5.78 Å². The Hall–Kier alpha value is -1.14. The molecule has 0 aromatic carbocycles. The Morgan fingerprint density at radius 3 is 2.37 bits per heavy atom. The molecule has 0 spiro atoms. The summed E-state index contributed by atoms with van der Waals surface area (Å²) < 4.78 is 24.1. The fraction of sp³-hybridized carbons (Fsp3) is 0.615. The van der Waals surface area contributed by atoms with Gasteiger partial charge < -0.3 is 4.57 Å². The lowest BCUT2D eigenvalue weighted by Crippen LogP contribution is -2.30. The van der Waals surface area contributed by atoms with E-state index in [1.807, 2.05) is 31.5 Å². The Bertz CT molecular complexity index is 573. The molecule has 0 radical (unpaired) electrons. The van der Waals surface area contributed by atoms with Crippen LogP contribution in [0.4, 0.5) is 0 Å². The minimum atomic E-state index is -2.99. The van der Waals surface area contributed by atoms with Crippen molar-refractivity contribution in [2.75, 3.05) is 32.1 Å². The average molecular weight is 286 g/mol. The highest BCUT2D eigenvalue weighted by atomic mass is 32.2. The molecule has 0 fully saturated rings. The first kappa shape index (κ1) is 15.9. The Labute approximate surface area is 115 Å². The van der Waals surface area contributed by atoms with Crippen LogP contribution in [0.1, 0.15) is 21.7 Å². The number of carbonyl (C=O) groups excluding carboxylic acids is 1. The lowest BCUT2D eigenvalue weighted by molar-refractivity contribution is 0.0948. The van der Waals surface area contributed by atoms with Crippen LogP contribution in [0.3, 0.4) is 0 Å². The SMILES string of the molecule is Cc1cc(C(=O)CN(C)CCS(C)(=O)=O)c(C)n1C. The molecule has 108 valence electrons. The lowest BCUT2D eigenvalue weighted by Gasteiger charge is -2.14. The number of ketones is 1. The number of rotatable bonds is 6. The largest absolute Gasteiger partial charge is 0.351 e. The topological polar surface area (TPSA) is 59.4 Å². The zero-order valence-electron chi connectivity index (χ0n) is 12.2. The first-order chi connectivity index (χ1) is 8.61. The summed E-state index contributed by atoms with van der Waals surface area (Å²) in [5.74, 6) is 0.0982. The number of nitrogens with zero attached hydrogens (tertiary/aromatic N) is 2.